The minimum absolute atomic E-state index is 0.0769. The lowest BCUT2D eigenvalue weighted by Gasteiger charge is -2.11. The molecule has 144 valence electrons. The van der Waals surface area contributed by atoms with Crippen molar-refractivity contribution < 1.29 is 19.1 Å². The van der Waals surface area contributed by atoms with Gasteiger partial charge in [-0.1, -0.05) is 6.07 Å². The molecule has 0 saturated heterocycles. The predicted octanol–water partition coefficient (Wildman–Crippen LogP) is 3.49. The van der Waals surface area contributed by atoms with Gasteiger partial charge in [0.05, 0.1) is 6.10 Å². The molecule has 0 unspecified atom stereocenters. The van der Waals surface area contributed by atoms with Gasteiger partial charge in [0.15, 0.2) is 0 Å². The third-order valence-electron chi connectivity index (χ3n) is 3.68. The van der Waals surface area contributed by atoms with Gasteiger partial charge < -0.3 is 20.1 Å². The van der Waals surface area contributed by atoms with E-state index >= 15 is 0 Å². The second-order valence-corrected chi connectivity index (χ2v) is 6.33. The molecule has 0 radical (unpaired) electrons. The topological polar surface area (TPSA) is 76.7 Å². The zero-order valence-electron chi connectivity index (χ0n) is 16.0. The molecular weight excluding hydrogens is 344 g/mol. The SMILES string of the molecule is COCCCNC(=O)c1cccc(NC(=O)c2ccc(OC(C)C)cc2)c1. The lowest BCUT2D eigenvalue weighted by Crippen LogP contribution is -2.25. The van der Waals surface area contributed by atoms with Crippen LogP contribution in [0.15, 0.2) is 48.5 Å². The number of benzene rings is 2. The van der Waals surface area contributed by atoms with Crippen LogP contribution in [0.5, 0.6) is 5.75 Å². The average molecular weight is 370 g/mol. The Morgan fingerprint density at radius 2 is 1.74 bits per heavy atom. The van der Waals surface area contributed by atoms with Crippen LogP contribution in [-0.2, 0) is 4.74 Å². The normalized spacial score (nSPS) is 10.5. The Hall–Kier alpha value is -2.86. The highest BCUT2D eigenvalue weighted by Gasteiger charge is 2.10. The molecule has 6 nitrogen and oxygen atoms in total. The van der Waals surface area contributed by atoms with E-state index in [1.807, 2.05) is 13.8 Å². The van der Waals surface area contributed by atoms with Crippen molar-refractivity contribution >= 4 is 17.5 Å². The third kappa shape index (κ3) is 6.75. The van der Waals surface area contributed by atoms with Gasteiger partial charge in [0.2, 0.25) is 0 Å². The van der Waals surface area contributed by atoms with Gasteiger partial charge in [0.1, 0.15) is 5.75 Å². The first-order valence-electron chi connectivity index (χ1n) is 8.95. The van der Waals surface area contributed by atoms with Gasteiger partial charge in [-0.15, -0.1) is 0 Å². The fourth-order valence-corrected chi connectivity index (χ4v) is 2.42. The predicted molar refractivity (Wildman–Crippen MR) is 105 cm³/mol. The number of amides is 2. The molecule has 2 rings (SSSR count). The number of carbonyl (C=O) groups is 2. The van der Waals surface area contributed by atoms with E-state index in [1.165, 1.54) is 0 Å². The molecule has 2 aromatic carbocycles. The van der Waals surface area contributed by atoms with Crippen molar-refractivity contribution in [2.24, 2.45) is 0 Å². The summed E-state index contributed by atoms with van der Waals surface area (Å²) in [7, 11) is 1.62. The van der Waals surface area contributed by atoms with Gasteiger partial charge in [-0.05, 0) is 62.7 Å². The molecule has 0 aliphatic rings. The van der Waals surface area contributed by atoms with Crippen LogP contribution in [0, 0.1) is 0 Å². The molecule has 0 atom stereocenters. The van der Waals surface area contributed by atoms with Gasteiger partial charge in [0, 0.05) is 37.1 Å². The lowest BCUT2D eigenvalue weighted by molar-refractivity contribution is 0.0947. The molecule has 0 bridgehead atoms. The van der Waals surface area contributed by atoms with E-state index in [1.54, 1.807) is 55.6 Å². The Kier molecular flexibility index (Phi) is 7.82. The van der Waals surface area contributed by atoms with E-state index in [0.29, 0.717) is 35.7 Å². The molecule has 0 spiro atoms. The maximum absolute atomic E-state index is 12.4. The molecule has 0 aliphatic carbocycles. The highest BCUT2D eigenvalue weighted by molar-refractivity contribution is 6.05. The van der Waals surface area contributed by atoms with Crippen LogP contribution in [0.1, 0.15) is 41.0 Å². The monoisotopic (exact) mass is 370 g/mol. The average Bonchev–Trinajstić information content (AvgIpc) is 2.65. The van der Waals surface area contributed by atoms with E-state index in [4.69, 9.17) is 9.47 Å². The summed E-state index contributed by atoms with van der Waals surface area (Å²) >= 11 is 0. The van der Waals surface area contributed by atoms with Crippen molar-refractivity contribution in [3.05, 3.63) is 59.7 Å². The van der Waals surface area contributed by atoms with Crippen LogP contribution in [0.4, 0.5) is 5.69 Å². The van der Waals surface area contributed by atoms with Crippen LogP contribution < -0.4 is 15.4 Å². The van der Waals surface area contributed by atoms with Crippen molar-refractivity contribution in [3.8, 4) is 5.75 Å². The summed E-state index contributed by atoms with van der Waals surface area (Å²) < 4.78 is 10.5. The molecule has 2 aromatic rings. The van der Waals surface area contributed by atoms with Crippen molar-refractivity contribution in [1.82, 2.24) is 5.32 Å². The van der Waals surface area contributed by atoms with E-state index in [-0.39, 0.29) is 17.9 Å². The number of hydrogen-bond donors (Lipinski definition) is 2. The Balaban J connectivity index is 1.96. The fourth-order valence-electron chi connectivity index (χ4n) is 2.42. The molecule has 0 fully saturated rings. The minimum Gasteiger partial charge on any atom is -0.491 e. The fraction of sp³-hybridized carbons (Fsp3) is 0.333. The summed E-state index contributed by atoms with van der Waals surface area (Å²) in [6, 6.07) is 13.8. The second kappa shape index (κ2) is 10.3. The second-order valence-electron chi connectivity index (χ2n) is 6.33. The summed E-state index contributed by atoms with van der Waals surface area (Å²) in [4.78, 5) is 24.6. The number of hydrogen-bond acceptors (Lipinski definition) is 4. The highest BCUT2D eigenvalue weighted by atomic mass is 16.5. The zero-order valence-corrected chi connectivity index (χ0v) is 16.0. The summed E-state index contributed by atoms with van der Waals surface area (Å²) in [6.07, 6.45) is 0.822. The number of methoxy groups -OCH3 is 1. The zero-order chi connectivity index (χ0) is 19.6. The molecule has 0 aliphatic heterocycles. The Labute approximate surface area is 159 Å². The standard InChI is InChI=1S/C21H26N2O4/c1-15(2)27-19-10-8-16(9-11-19)21(25)23-18-7-4-6-17(14-18)20(24)22-12-5-13-26-3/h4,6-11,14-15H,5,12-13H2,1-3H3,(H,22,24)(H,23,25). The maximum Gasteiger partial charge on any atom is 0.255 e. The van der Waals surface area contributed by atoms with Gasteiger partial charge >= 0.3 is 0 Å². The van der Waals surface area contributed by atoms with E-state index in [2.05, 4.69) is 10.6 Å². The quantitative estimate of drug-likeness (QED) is 0.663. The van der Waals surface area contributed by atoms with Crippen molar-refractivity contribution in [3.63, 3.8) is 0 Å². The number of ether oxygens (including phenoxy) is 2. The van der Waals surface area contributed by atoms with E-state index < -0.39 is 0 Å². The molecular formula is C21H26N2O4. The first kappa shape index (κ1) is 20.5. The molecule has 0 heterocycles. The first-order valence-corrected chi connectivity index (χ1v) is 8.95. The molecule has 0 aromatic heterocycles. The number of nitrogens with one attached hydrogen (secondary N) is 2. The van der Waals surface area contributed by atoms with Crippen molar-refractivity contribution in [2.75, 3.05) is 25.6 Å². The summed E-state index contributed by atoms with van der Waals surface area (Å²) in [5, 5.41) is 5.63. The Morgan fingerprint density at radius 3 is 2.41 bits per heavy atom. The largest absolute Gasteiger partial charge is 0.491 e. The van der Waals surface area contributed by atoms with Crippen molar-refractivity contribution in [1.29, 1.82) is 0 Å². The first-order chi connectivity index (χ1) is 13.0. The van der Waals surface area contributed by atoms with Gasteiger partial charge in [0.25, 0.3) is 11.8 Å². The molecule has 6 heteroatoms. The van der Waals surface area contributed by atoms with E-state index in [0.717, 1.165) is 6.42 Å². The Bertz CT molecular complexity index is 757. The summed E-state index contributed by atoms with van der Waals surface area (Å²) in [6.45, 7) is 5.02. The number of rotatable bonds is 9. The molecule has 0 saturated carbocycles. The van der Waals surface area contributed by atoms with Crippen LogP contribution in [-0.4, -0.2) is 38.2 Å². The van der Waals surface area contributed by atoms with Crippen LogP contribution in [0.25, 0.3) is 0 Å². The van der Waals surface area contributed by atoms with Crippen LogP contribution >= 0.6 is 0 Å². The smallest absolute Gasteiger partial charge is 0.255 e. The summed E-state index contributed by atoms with van der Waals surface area (Å²) in [5.74, 6) is 0.287. The minimum atomic E-state index is -0.247. The van der Waals surface area contributed by atoms with Gasteiger partial charge in [-0.25, -0.2) is 0 Å². The van der Waals surface area contributed by atoms with Crippen LogP contribution in [0.2, 0.25) is 0 Å². The van der Waals surface area contributed by atoms with Crippen molar-refractivity contribution in [2.45, 2.75) is 26.4 Å². The number of anilines is 1. The van der Waals surface area contributed by atoms with Crippen LogP contribution in [0.3, 0.4) is 0 Å². The molecule has 2 amide bonds. The van der Waals surface area contributed by atoms with Gasteiger partial charge in [-0.3, -0.25) is 9.59 Å². The Morgan fingerprint density at radius 1 is 1.00 bits per heavy atom. The third-order valence-corrected chi connectivity index (χ3v) is 3.68. The molecule has 27 heavy (non-hydrogen) atoms. The van der Waals surface area contributed by atoms with Gasteiger partial charge in [-0.2, -0.15) is 0 Å². The lowest BCUT2D eigenvalue weighted by atomic mass is 10.1. The maximum atomic E-state index is 12.4. The highest BCUT2D eigenvalue weighted by Crippen LogP contribution is 2.16. The summed E-state index contributed by atoms with van der Waals surface area (Å²) in [5.41, 5.74) is 1.57. The number of carbonyl (C=O) groups excluding carboxylic acids is 2. The molecule has 2 N–H and O–H groups in total. The van der Waals surface area contributed by atoms with E-state index in [9.17, 15) is 9.59 Å².